The first-order valence-electron chi connectivity index (χ1n) is 7.39. The fourth-order valence-corrected chi connectivity index (χ4v) is 2.53. The minimum Gasteiger partial charge on any atom is -0.486 e. The smallest absolute Gasteiger partial charge is 0.143 e. The Hall–Kier alpha value is -1.26. The molecule has 2 atom stereocenters. The molecule has 1 aliphatic heterocycles. The Kier molecular flexibility index (Phi) is 4.55. The van der Waals surface area contributed by atoms with Gasteiger partial charge in [-0.1, -0.05) is 19.9 Å². The normalized spacial score (nSPS) is 20.0. The summed E-state index contributed by atoms with van der Waals surface area (Å²) in [5.41, 5.74) is 7.45. The van der Waals surface area contributed by atoms with Gasteiger partial charge in [-0.25, -0.2) is 0 Å². The van der Waals surface area contributed by atoms with E-state index in [1.165, 1.54) is 0 Å². The first-order valence-corrected chi connectivity index (χ1v) is 7.39. The molecule has 0 saturated heterocycles. The zero-order valence-corrected chi connectivity index (χ0v) is 12.8. The summed E-state index contributed by atoms with van der Waals surface area (Å²) < 4.78 is 6.09. The van der Waals surface area contributed by atoms with Crippen LogP contribution >= 0.6 is 0 Å². The van der Waals surface area contributed by atoms with E-state index in [2.05, 4.69) is 32.6 Å². The fraction of sp³-hybridized carbons (Fsp3) is 0.625. The molecule has 0 amide bonds. The standard InChI is InChI=1S/C16H26N2O2/c1-10(2)16-9-18(11(3)4)13-7-12(14(19)8-17)5-6-15(13)20-16/h5-7,10-11,14,16,19H,8-9,17H2,1-4H3. The van der Waals surface area contributed by atoms with E-state index in [-0.39, 0.29) is 12.6 Å². The number of aliphatic hydroxyl groups excluding tert-OH is 1. The lowest BCUT2D eigenvalue weighted by molar-refractivity contribution is 0.142. The van der Waals surface area contributed by atoms with Gasteiger partial charge in [0.2, 0.25) is 0 Å². The molecule has 0 spiro atoms. The van der Waals surface area contributed by atoms with E-state index in [1.807, 2.05) is 18.2 Å². The molecular weight excluding hydrogens is 252 g/mol. The van der Waals surface area contributed by atoms with Gasteiger partial charge in [-0.05, 0) is 37.5 Å². The molecule has 4 heteroatoms. The van der Waals surface area contributed by atoms with E-state index < -0.39 is 6.10 Å². The molecule has 2 unspecified atom stereocenters. The number of aliphatic hydroxyl groups is 1. The number of anilines is 1. The maximum Gasteiger partial charge on any atom is 0.143 e. The predicted molar refractivity (Wildman–Crippen MR) is 82.2 cm³/mol. The van der Waals surface area contributed by atoms with Crippen molar-refractivity contribution in [3.63, 3.8) is 0 Å². The number of nitrogens with two attached hydrogens (primary N) is 1. The van der Waals surface area contributed by atoms with E-state index in [0.717, 1.165) is 23.5 Å². The average molecular weight is 278 g/mol. The number of hydrogen-bond donors (Lipinski definition) is 2. The number of rotatable bonds is 4. The van der Waals surface area contributed by atoms with Gasteiger partial charge in [0.25, 0.3) is 0 Å². The van der Waals surface area contributed by atoms with Crippen molar-refractivity contribution in [2.24, 2.45) is 11.7 Å². The third-order valence-electron chi connectivity index (χ3n) is 3.92. The number of benzene rings is 1. The molecule has 1 aromatic carbocycles. The van der Waals surface area contributed by atoms with Crippen LogP contribution < -0.4 is 15.4 Å². The van der Waals surface area contributed by atoms with Gasteiger partial charge in [0.1, 0.15) is 11.9 Å². The van der Waals surface area contributed by atoms with Crippen LogP contribution in [0.5, 0.6) is 5.75 Å². The van der Waals surface area contributed by atoms with Crippen LogP contribution in [0.3, 0.4) is 0 Å². The lowest BCUT2D eigenvalue weighted by atomic mass is 10.0. The Labute approximate surface area is 121 Å². The molecule has 1 heterocycles. The van der Waals surface area contributed by atoms with Crippen LogP contribution in [0.1, 0.15) is 39.4 Å². The Morgan fingerprint density at radius 2 is 2.05 bits per heavy atom. The average Bonchev–Trinajstić information content (AvgIpc) is 2.44. The molecule has 0 bridgehead atoms. The maximum absolute atomic E-state index is 9.91. The second-order valence-corrected chi connectivity index (χ2v) is 6.13. The minimum atomic E-state index is -0.614. The molecule has 3 N–H and O–H groups in total. The zero-order valence-electron chi connectivity index (χ0n) is 12.8. The van der Waals surface area contributed by atoms with Gasteiger partial charge >= 0.3 is 0 Å². The summed E-state index contributed by atoms with van der Waals surface area (Å²) in [4.78, 5) is 2.34. The lowest BCUT2D eigenvalue weighted by Crippen LogP contribution is -2.45. The molecule has 0 fully saturated rings. The van der Waals surface area contributed by atoms with E-state index >= 15 is 0 Å². The summed E-state index contributed by atoms with van der Waals surface area (Å²) in [5, 5.41) is 9.91. The van der Waals surface area contributed by atoms with E-state index in [4.69, 9.17) is 10.5 Å². The number of fused-ring (bicyclic) bond motifs is 1. The summed E-state index contributed by atoms with van der Waals surface area (Å²) in [7, 11) is 0. The molecule has 0 radical (unpaired) electrons. The Morgan fingerprint density at radius 1 is 1.35 bits per heavy atom. The van der Waals surface area contributed by atoms with Crippen molar-refractivity contribution in [1.29, 1.82) is 0 Å². The monoisotopic (exact) mass is 278 g/mol. The number of hydrogen-bond acceptors (Lipinski definition) is 4. The summed E-state index contributed by atoms with van der Waals surface area (Å²) in [6.45, 7) is 9.83. The van der Waals surface area contributed by atoms with Crippen LogP contribution in [-0.2, 0) is 0 Å². The van der Waals surface area contributed by atoms with Gasteiger partial charge in [-0.2, -0.15) is 0 Å². The molecule has 2 rings (SSSR count). The van der Waals surface area contributed by atoms with E-state index in [0.29, 0.717) is 12.0 Å². The first kappa shape index (κ1) is 15.1. The molecule has 1 aromatic rings. The topological polar surface area (TPSA) is 58.7 Å². The quantitative estimate of drug-likeness (QED) is 0.887. The maximum atomic E-state index is 9.91. The predicted octanol–water partition coefficient (Wildman–Crippen LogP) is 2.31. The molecule has 20 heavy (non-hydrogen) atoms. The van der Waals surface area contributed by atoms with Crippen molar-refractivity contribution >= 4 is 5.69 Å². The van der Waals surface area contributed by atoms with Crippen molar-refractivity contribution in [3.05, 3.63) is 23.8 Å². The summed E-state index contributed by atoms with van der Waals surface area (Å²) in [6, 6.07) is 6.25. The number of ether oxygens (including phenoxy) is 1. The van der Waals surface area contributed by atoms with Crippen molar-refractivity contribution in [3.8, 4) is 5.75 Å². The highest BCUT2D eigenvalue weighted by atomic mass is 16.5. The second-order valence-electron chi connectivity index (χ2n) is 6.13. The van der Waals surface area contributed by atoms with E-state index in [1.54, 1.807) is 0 Å². The van der Waals surface area contributed by atoms with Gasteiger partial charge < -0.3 is 20.5 Å². The zero-order chi connectivity index (χ0) is 14.9. The highest BCUT2D eigenvalue weighted by molar-refractivity contribution is 5.62. The van der Waals surface area contributed by atoms with E-state index in [9.17, 15) is 5.11 Å². The SMILES string of the molecule is CC(C)C1CN(C(C)C)c2cc(C(O)CN)ccc2O1. The molecule has 1 aliphatic rings. The first-order chi connectivity index (χ1) is 9.43. The molecular formula is C16H26N2O2. The third kappa shape index (κ3) is 2.91. The summed E-state index contributed by atoms with van der Waals surface area (Å²) >= 11 is 0. The van der Waals surface area contributed by atoms with Crippen LogP contribution in [-0.4, -0.2) is 30.3 Å². The van der Waals surface area contributed by atoms with Crippen LogP contribution in [0.25, 0.3) is 0 Å². The molecule has 4 nitrogen and oxygen atoms in total. The van der Waals surface area contributed by atoms with Crippen molar-refractivity contribution in [2.75, 3.05) is 18.0 Å². The Morgan fingerprint density at radius 3 is 2.60 bits per heavy atom. The second kappa shape index (κ2) is 6.02. The summed E-state index contributed by atoms with van der Waals surface area (Å²) in [6.07, 6.45) is -0.410. The Bertz CT molecular complexity index is 460. The van der Waals surface area contributed by atoms with Crippen molar-refractivity contribution in [1.82, 2.24) is 0 Å². The fourth-order valence-electron chi connectivity index (χ4n) is 2.53. The largest absolute Gasteiger partial charge is 0.486 e. The molecule has 0 aliphatic carbocycles. The van der Waals surface area contributed by atoms with Gasteiger partial charge in [0.15, 0.2) is 0 Å². The highest BCUT2D eigenvalue weighted by Gasteiger charge is 2.29. The van der Waals surface area contributed by atoms with Crippen molar-refractivity contribution < 1.29 is 9.84 Å². The van der Waals surface area contributed by atoms with Gasteiger partial charge in [0.05, 0.1) is 18.3 Å². The van der Waals surface area contributed by atoms with Crippen LogP contribution in [0, 0.1) is 5.92 Å². The Balaban J connectivity index is 2.38. The van der Waals surface area contributed by atoms with Crippen LogP contribution in [0.2, 0.25) is 0 Å². The molecule has 0 saturated carbocycles. The lowest BCUT2D eigenvalue weighted by Gasteiger charge is -2.40. The summed E-state index contributed by atoms with van der Waals surface area (Å²) in [5.74, 6) is 1.37. The molecule has 112 valence electrons. The van der Waals surface area contributed by atoms with Gasteiger partial charge in [0, 0.05) is 12.6 Å². The van der Waals surface area contributed by atoms with Gasteiger partial charge in [-0.3, -0.25) is 0 Å². The van der Waals surface area contributed by atoms with Crippen molar-refractivity contribution in [2.45, 2.75) is 45.9 Å². The number of nitrogens with zero attached hydrogens (tertiary/aromatic N) is 1. The minimum absolute atomic E-state index is 0.204. The molecule has 0 aromatic heterocycles. The third-order valence-corrected chi connectivity index (χ3v) is 3.92. The van der Waals surface area contributed by atoms with Crippen LogP contribution in [0.4, 0.5) is 5.69 Å². The van der Waals surface area contributed by atoms with Gasteiger partial charge in [-0.15, -0.1) is 0 Å². The highest BCUT2D eigenvalue weighted by Crippen LogP contribution is 2.37. The van der Waals surface area contributed by atoms with Crippen LogP contribution in [0.15, 0.2) is 18.2 Å².